The first-order valence-corrected chi connectivity index (χ1v) is 11.5. The lowest BCUT2D eigenvalue weighted by Gasteiger charge is -2.08. The molecule has 0 aliphatic carbocycles. The molecule has 0 aliphatic heterocycles. The summed E-state index contributed by atoms with van der Waals surface area (Å²) in [6, 6.07) is 14.2. The summed E-state index contributed by atoms with van der Waals surface area (Å²) in [6.07, 6.45) is 3.10. The zero-order chi connectivity index (χ0) is 21.8. The first-order valence-electron chi connectivity index (χ1n) is 9.83. The molecule has 4 heterocycles. The molecule has 32 heavy (non-hydrogen) atoms. The number of anilines is 1. The van der Waals surface area contributed by atoms with Gasteiger partial charge in [0.25, 0.3) is 11.5 Å². The van der Waals surface area contributed by atoms with E-state index in [9.17, 15) is 9.59 Å². The van der Waals surface area contributed by atoms with Crippen molar-refractivity contribution >= 4 is 65.5 Å². The topological polar surface area (TPSA) is 104 Å². The Morgan fingerprint density at radius 3 is 2.81 bits per heavy atom. The number of benzene rings is 2. The summed E-state index contributed by atoms with van der Waals surface area (Å²) >= 11 is 2.91. The zero-order valence-corrected chi connectivity index (χ0v) is 18.4. The van der Waals surface area contributed by atoms with Gasteiger partial charge in [0, 0.05) is 26.2 Å². The Bertz CT molecular complexity index is 1690. The minimum atomic E-state index is -0.268. The molecule has 0 atom stereocenters. The summed E-state index contributed by atoms with van der Waals surface area (Å²) in [5, 5.41) is 12.8. The van der Waals surface area contributed by atoms with Gasteiger partial charge in [-0.05, 0) is 42.1 Å². The molecule has 0 radical (unpaired) electrons. The normalized spacial score (nSPS) is 11.5. The second kappa shape index (κ2) is 7.11. The monoisotopic (exact) mass is 457 g/mol. The smallest absolute Gasteiger partial charge is 0.266 e. The first kappa shape index (κ1) is 18.9. The van der Waals surface area contributed by atoms with E-state index >= 15 is 0 Å². The van der Waals surface area contributed by atoms with Gasteiger partial charge in [-0.25, -0.2) is 4.98 Å². The number of aromatic amines is 2. The lowest BCUT2D eigenvalue weighted by molar-refractivity contribution is 0.103. The van der Waals surface area contributed by atoms with E-state index in [1.165, 1.54) is 27.8 Å². The van der Waals surface area contributed by atoms with Gasteiger partial charge in [0.05, 0.1) is 28.3 Å². The van der Waals surface area contributed by atoms with Gasteiger partial charge in [-0.15, -0.1) is 22.7 Å². The second-order valence-corrected chi connectivity index (χ2v) is 9.51. The van der Waals surface area contributed by atoms with Gasteiger partial charge in [-0.3, -0.25) is 14.7 Å². The van der Waals surface area contributed by atoms with Crippen molar-refractivity contribution in [3.05, 3.63) is 75.8 Å². The molecule has 2 aromatic carbocycles. The van der Waals surface area contributed by atoms with Crippen LogP contribution < -0.4 is 10.9 Å². The van der Waals surface area contributed by atoms with E-state index < -0.39 is 0 Å². The summed E-state index contributed by atoms with van der Waals surface area (Å²) in [5.74, 6) is -0.268. The van der Waals surface area contributed by atoms with Gasteiger partial charge < -0.3 is 10.3 Å². The minimum Gasteiger partial charge on any atom is -0.321 e. The lowest BCUT2D eigenvalue weighted by atomic mass is 10.1. The van der Waals surface area contributed by atoms with E-state index in [0.717, 1.165) is 21.3 Å². The van der Waals surface area contributed by atoms with Crippen molar-refractivity contribution < 1.29 is 4.79 Å². The van der Waals surface area contributed by atoms with E-state index in [-0.39, 0.29) is 11.5 Å². The Balaban J connectivity index is 1.44. The quantitative estimate of drug-likeness (QED) is 0.335. The molecule has 0 spiro atoms. The highest BCUT2D eigenvalue weighted by molar-refractivity contribution is 7.22. The maximum absolute atomic E-state index is 13.1. The van der Waals surface area contributed by atoms with Crippen LogP contribution in [0.3, 0.4) is 0 Å². The van der Waals surface area contributed by atoms with Crippen molar-refractivity contribution in [3.8, 4) is 10.4 Å². The fraction of sp³-hybridized carbons (Fsp3) is 0.0435. The van der Waals surface area contributed by atoms with E-state index in [1.807, 2.05) is 24.3 Å². The highest BCUT2D eigenvalue weighted by Gasteiger charge is 2.19. The summed E-state index contributed by atoms with van der Waals surface area (Å²) < 4.78 is 1.20. The van der Waals surface area contributed by atoms with Crippen LogP contribution in [0.2, 0.25) is 0 Å². The highest BCUT2D eigenvalue weighted by Crippen LogP contribution is 2.38. The number of thiophene rings is 2. The number of aryl methyl sites for hydroxylation is 1. The minimum absolute atomic E-state index is 0.241. The van der Waals surface area contributed by atoms with Gasteiger partial charge in [0.2, 0.25) is 0 Å². The third-order valence-corrected chi connectivity index (χ3v) is 7.78. The van der Waals surface area contributed by atoms with E-state index in [2.05, 4.69) is 43.7 Å². The molecule has 0 aliphatic rings. The molecule has 6 aromatic rings. The molecule has 9 heteroatoms. The van der Waals surface area contributed by atoms with Crippen LogP contribution in [0.25, 0.3) is 41.6 Å². The molecule has 0 fully saturated rings. The van der Waals surface area contributed by atoms with Crippen molar-refractivity contribution in [2.24, 2.45) is 0 Å². The Morgan fingerprint density at radius 1 is 1.09 bits per heavy atom. The number of H-pyrrole nitrogens is 2. The predicted octanol–water partition coefficient (Wildman–Crippen LogP) is 5.30. The van der Waals surface area contributed by atoms with Crippen LogP contribution in [0.15, 0.2) is 59.8 Å². The van der Waals surface area contributed by atoms with Crippen LogP contribution in [0.4, 0.5) is 5.69 Å². The fourth-order valence-electron chi connectivity index (χ4n) is 3.92. The summed E-state index contributed by atoms with van der Waals surface area (Å²) in [6.45, 7) is 1.77. The number of nitrogens with one attached hydrogen (secondary N) is 3. The van der Waals surface area contributed by atoms with Gasteiger partial charge in [0.1, 0.15) is 4.83 Å². The average molecular weight is 458 g/mol. The number of fused-ring (bicyclic) bond motifs is 3. The molecule has 6 rings (SSSR count). The Kier molecular flexibility index (Phi) is 4.20. The second-order valence-electron chi connectivity index (χ2n) is 7.43. The Labute approximate surface area is 188 Å². The van der Waals surface area contributed by atoms with Crippen molar-refractivity contribution in [2.45, 2.75) is 6.92 Å². The number of hydrogen-bond acceptors (Lipinski definition) is 6. The number of nitrogens with zero attached hydrogens (tertiary/aromatic N) is 2. The molecule has 0 unspecified atom stereocenters. The van der Waals surface area contributed by atoms with Crippen LogP contribution in [0, 0.1) is 6.92 Å². The molecule has 156 valence electrons. The molecule has 3 N–H and O–H groups in total. The number of carbonyl (C=O) groups is 1. The summed E-state index contributed by atoms with van der Waals surface area (Å²) in [7, 11) is 0. The van der Waals surface area contributed by atoms with E-state index in [4.69, 9.17) is 0 Å². The largest absolute Gasteiger partial charge is 0.321 e. The van der Waals surface area contributed by atoms with Gasteiger partial charge >= 0.3 is 0 Å². The van der Waals surface area contributed by atoms with Crippen LogP contribution in [-0.4, -0.2) is 26.1 Å². The Morgan fingerprint density at radius 2 is 1.97 bits per heavy atom. The first-order chi connectivity index (χ1) is 15.6. The molecule has 0 saturated carbocycles. The van der Waals surface area contributed by atoms with Crippen molar-refractivity contribution in [3.63, 3.8) is 0 Å². The zero-order valence-electron chi connectivity index (χ0n) is 16.7. The van der Waals surface area contributed by atoms with Crippen LogP contribution in [-0.2, 0) is 0 Å². The number of hydrogen-bond donors (Lipinski definition) is 3. The third-order valence-electron chi connectivity index (χ3n) is 5.44. The fourth-order valence-corrected chi connectivity index (χ4v) is 6.05. The molecular formula is C23H15N5O2S2. The van der Waals surface area contributed by atoms with E-state index in [1.54, 1.807) is 24.5 Å². The Hall–Kier alpha value is -3.82. The summed E-state index contributed by atoms with van der Waals surface area (Å²) in [4.78, 5) is 34.1. The van der Waals surface area contributed by atoms with Crippen molar-refractivity contribution in [1.82, 2.24) is 20.2 Å². The number of aromatic nitrogens is 4. The van der Waals surface area contributed by atoms with Gasteiger partial charge in [0.15, 0.2) is 0 Å². The maximum Gasteiger partial charge on any atom is 0.266 e. The third kappa shape index (κ3) is 2.94. The van der Waals surface area contributed by atoms with Crippen molar-refractivity contribution in [1.29, 1.82) is 0 Å². The maximum atomic E-state index is 13.1. The molecule has 0 bridgehead atoms. The van der Waals surface area contributed by atoms with Crippen molar-refractivity contribution in [2.75, 3.05) is 5.32 Å². The van der Waals surface area contributed by atoms with Crippen LogP contribution in [0.1, 0.15) is 15.2 Å². The van der Waals surface area contributed by atoms with Crippen LogP contribution in [0.5, 0.6) is 0 Å². The number of carbonyl (C=O) groups excluding carboxylic acids is 1. The number of amides is 1. The van der Waals surface area contributed by atoms with E-state index in [0.29, 0.717) is 26.3 Å². The molecule has 1 amide bonds. The molecular weight excluding hydrogens is 442 g/mol. The molecule has 0 saturated heterocycles. The molecule has 7 nitrogen and oxygen atoms in total. The average Bonchev–Trinajstić information content (AvgIpc) is 3.50. The standard InChI is InChI=1S/C23H15N5O2S2/c1-11-18-21(29)24-10-25-23(18)32-20(11)22(30)27-14-6-13-9-26-28-19(13)15(8-14)17-7-12-4-2-3-5-16(12)31-17/h2-10H,1H3,(H,26,28)(H,27,30)(H,24,25,29). The van der Waals surface area contributed by atoms with Gasteiger partial charge in [-0.1, -0.05) is 18.2 Å². The highest BCUT2D eigenvalue weighted by atomic mass is 32.1. The van der Waals surface area contributed by atoms with Crippen LogP contribution >= 0.6 is 22.7 Å². The lowest BCUT2D eigenvalue weighted by Crippen LogP contribution is -2.12. The molecule has 4 aromatic heterocycles. The summed E-state index contributed by atoms with van der Waals surface area (Å²) in [5.41, 5.74) is 2.95. The van der Waals surface area contributed by atoms with Gasteiger partial charge in [-0.2, -0.15) is 5.10 Å². The predicted molar refractivity (Wildman–Crippen MR) is 130 cm³/mol. The SMILES string of the molecule is Cc1c(C(=O)Nc2cc(-c3cc4ccccc4s3)c3[nH]ncc3c2)sc2nc[nH]c(=O)c12. The number of rotatable bonds is 3.